The minimum Gasteiger partial charge on any atom is -0.350 e. The number of carbonyl (C=O) groups excluding carboxylic acids is 2. The Bertz CT molecular complexity index is 952. The molecule has 2 N–H and O–H groups in total. The summed E-state index contributed by atoms with van der Waals surface area (Å²) in [6.45, 7) is 5.02. The molecule has 0 aliphatic heterocycles. The second kappa shape index (κ2) is 10.4. The van der Waals surface area contributed by atoms with Crippen LogP contribution in [0.15, 0.2) is 73.3 Å². The maximum absolute atomic E-state index is 13.0. The van der Waals surface area contributed by atoms with Gasteiger partial charge >= 0.3 is 0 Å². The lowest BCUT2D eigenvalue weighted by molar-refractivity contribution is -0.129. The van der Waals surface area contributed by atoms with Crippen LogP contribution >= 0.6 is 0 Å². The van der Waals surface area contributed by atoms with Crippen LogP contribution in [0.3, 0.4) is 0 Å². The Labute approximate surface area is 177 Å². The number of imidazole rings is 1. The molecule has 2 aromatic carbocycles. The van der Waals surface area contributed by atoms with Crippen molar-refractivity contribution in [2.24, 2.45) is 5.92 Å². The largest absolute Gasteiger partial charge is 0.350 e. The molecule has 1 heterocycles. The van der Waals surface area contributed by atoms with Gasteiger partial charge in [0.25, 0.3) is 0 Å². The molecule has 3 rings (SSSR count). The van der Waals surface area contributed by atoms with Crippen LogP contribution in [0.5, 0.6) is 0 Å². The highest BCUT2D eigenvalue weighted by molar-refractivity contribution is 5.88. The van der Waals surface area contributed by atoms with E-state index in [2.05, 4.69) is 15.6 Å². The van der Waals surface area contributed by atoms with Crippen LogP contribution in [0, 0.1) is 5.92 Å². The standard InChI is InChI=1S/C24H28N4O2/c1-18(2)14-22(29)27-23(19-8-4-3-5-9-19)24(30)26-15-20-10-6-7-11-21(20)16-28-13-12-25-17-28/h3-13,17-18,23H,14-16H2,1-2H3,(H,26,30)(H,27,29). The molecule has 1 aromatic heterocycles. The third-order valence-electron chi connectivity index (χ3n) is 4.78. The minimum absolute atomic E-state index is 0.130. The average Bonchev–Trinajstić information content (AvgIpc) is 3.24. The second-order valence-electron chi connectivity index (χ2n) is 7.73. The number of aromatic nitrogens is 2. The molecule has 0 aliphatic carbocycles. The molecule has 0 saturated heterocycles. The first kappa shape index (κ1) is 21.3. The lowest BCUT2D eigenvalue weighted by atomic mass is 10.0. The van der Waals surface area contributed by atoms with E-state index < -0.39 is 6.04 Å². The summed E-state index contributed by atoms with van der Waals surface area (Å²) in [5.74, 6) is -0.134. The number of hydrogen-bond acceptors (Lipinski definition) is 3. The van der Waals surface area contributed by atoms with E-state index in [1.54, 1.807) is 12.5 Å². The molecule has 156 valence electrons. The highest BCUT2D eigenvalue weighted by Gasteiger charge is 2.23. The van der Waals surface area contributed by atoms with Gasteiger partial charge in [-0.15, -0.1) is 0 Å². The number of amides is 2. The quantitative estimate of drug-likeness (QED) is 0.574. The molecule has 0 fully saturated rings. The third kappa shape index (κ3) is 6.04. The Morgan fingerprint density at radius 1 is 1.00 bits per heavy atom. The molecule has 1 atom stereocenters. The van der Waals surface area contributed by atoms with E-state index in [4.69, 9.17) is 0 Å². The molecule has 0 saturated carbocycles. The van der Waals surface area contributed by atoms with Gasteiger partial charge in [-0.05, 0) is 22.6 Å². The van der Waals surface area contributed by atoms with Crippen molar-refractivity contribution < 1.29 is 9.59 Å². The predicted octanol–water partition coefficient (Wildman–Crippen LogP) is 3.45. The van der Waals surface area contributed by atoms with Crippen LogP contribution < -0.4 is 10.6 Å². The normalized spacial score (nSPS) is 11.8. The molecule has 0 radical (unpaired) electrons. The van der Waals surface area contributed by atoms with Crippen molar-refractivity contribution in [3.8, 4) is 0 Å². The van der Waals surface area contributed by atoms with Crippen molar-refractivity contribution >= 4 is 11.8 Å². The number of nitrogens with one attached hydrogen (secondary N) is 2. The van der Waals surface area contributed by atoms with Gasteiger partial charge in [0.05, 0.1) is 6.33 Å². The zero-order valence-corrected chi connectivity index (χ0v) is 17.4. The van der Waals surface area contributed by atoms with Gasteiger partial charge in [0.1, 0.15) is 6.04 Å². The average molecular weight is 405 g/mol. The maximum atomic E-state index is 13.0. The number of nitrogens with zero attached hydrogens (tertiary/aromatic N) is 2. The molecular formula is C24H28N4O2. The zero-order valence-electron chi connectivity index (χ0n) is 17.4. The van der Waals surface area contributed by atoms with E-state index in [9.17, 15) is 9.59 Å². The molecule has 6 nitrogen and oxygen atoms in total. The third-order valence-corrected chi connectivity index (χ3v) is 4.78. The van der Waals surface area contributed by atoms with Gasteiger partial charge in [0, 0.05) is 31.9 Å². The summed E-state index contributed by atoms with van der Waals surface area (Å²) >= 11 is 0. The number of rotatable bonds is 9. The van der Waals surface area contributed by atoms with E-state index in [0.29, 0.717) is 19.5 Å². The topological polar surface area (TPSA) is 76.0 Å². The van der Waals surface area contributed by atoms with E-state index in [-0.39, 0.29) is 17.7 Å². The summed E-state index contributed by atoms with van der Waals surface area (Å²) in [4.78, 5) is 29.5. The van der Waals surface area contributed by atoms with Crippen LogP contribution in [0.25, 0.3) is 0 Å². The van der Waals surface area contributed by atoms with Gasteiger partial charge in [-0.25, -0.2) is 4.98 Å². The van der Waals surface area contributed by atoms with Crippen molar-refractivity contribution in [2.75, 3.05) is 0 Å². The van der Waals surface area contributed by atoms with E-state index in [1.807, 2.05) is 79.2 Å². The Balaban J connectivity index is 1.71. The van der Waals surface area contributed by atoms with Crippen LogP contribution in [0.4, 0.5) is 0 Å². The molecule has 2 amide bonds. The van der Waals surface area contributed by atoms with Crippen molar-refractivity contribution in [3.63, 3.8) is 0 Å². The summed E-state index contributed by atoms with van der Waals surface area (Å²) < 4.78 is 1.99. The Hall–Kier alpha value is -3.41. The van der Waals surface area contributed by atoms with Crippen molar-refractivity contribution in [3.05, 3.63) is 90.0 Å². The Morgan fingerprint density at radius 3 is 2.37 bits per heavy atom. The van der Waals surface area contributed by atoms with Gasteiger partial charge in [-0.1, -0.05) is 68.4 Å². The van der Waals surface area contributed by atoms with Gasteiger partial charge in [-0.3, -0.25) is 9.59 Å². The first-order chi connectivity index (χ1) is 14.5. The molecular weight excluding hydrogens is 376 g/mol. The Morgan fingerprint density at radius 2 is 1.70 bits per heavy atom. The highest BCUT2D eigenvalue weighted by Crippen LogP contribution is 2.15. The summed E-state index contributed by atoms with van der Waals surface area (Å²) in [7, 11) is 0. The van der Waals surface area contributed by atoms with Crippen LogP contribution in [-0.2, 0) is 22.7 Å². The fraction of sp³-hybridized carbons (Fsp3) is 0.292. The first-order valence-corrected chi connectivity index (χ1v) is 10.2. The number of hydrogen-bond donors (Lipinski definition) is 2. The van der Waals surface area contributed by atoms with Gasteiger partial charge in [-0.2, -0.15) is 0 Å². The molecule has 0 aliphatic rings. The highest BCUT2D eigenvalue weighted by atomic mass is 16.2. The fourth-order valence-corrected chi connectivity index (χ4v) is 3.28. The predicted molar refractivity (Wildman–Crippen MR) is 116 cm³/mol. The van der Waals surface area contributed by atoms with Crippen LogP contribution in [0.2, 0.25) is 0 Å². The van der Waals surface area contributed by atoms with E-state index in [1.165, 1.54) is 0 Å². The first-order valence-electron chi connectivity index (χ1n) is 10.2. The zero-order chi connectivity index (χ0) is 21.3. The fourth-order valence-electron chi connectivity index (χ4n) is 3.28. The molecule has 3 aromatic rings. The summed E-state index contributed by atoms with van der Waals surface area (Å²) in [6.07, 6.45) is 5.80. The lowest BCUT2D eigenvalue weighted by Gasteiger charge is -2.20. The SMILES string of the molecule is CC(C)CC(=O)NC(C(=O)NCc1ccccc1Cn1ccnc1)c1ccccc1. The van der Waals surface area contributed by atoms with Gasteiger partial charge in [0.2, 0.25) is 11.8 Å². The summed E-state index contributed by atoms with van der Waals surface area (Å²) in [5.41, 5.74) is 2.90. The van der Waals surface area contributed by atoms with Crippen LogP contribution in [-0.4, -0.2) is 21.4 Å². The number of benzene rings is 2. The molecule has 0 bridgehead atoms. The van der Waals surface area contributed by atoms with Crippen molar-refractivity contribution in [1.82, 2.24) is 20.2 Å². The minimum atomic E-state index is -0.724. The van der Waals surface area contributed by atoms with Gasteiger partial charge < -0.3 is 15.2 Å². The molecule has 30 heavy (non-hydrogen) atoms. The number of carbonyl (C=O) groups is 2. The van der Waals surface area contributed by atoms with Gasteiger partial charge in [0.15, 0.2) is 0 Å². The van der Waals surface area contributed by atoms with Crippen molar-refractivity contribution in [1.29, 1.82) is 0 Å². The molecule has 1 unspecified atom stereocenters. The Kier molecular flexibility index (Phi) is 7.38. The molecule has 6 heteroatoms. The smallest absolute Gasteiger partial charge is 0.247 e. The van der Waals surface area contributed by atoms with Crippen molar-refractivity contribution in [2.45, 2.75) is 39.4 Å². The maximum Gasteiger partial charge on any atom is 0.247 e. The van der Waals surface area contributed by atoms with Crippen LogP contribution in [0.1, 0.15) is 43.0 Å². The second-order valence-corrected chi connectivity index (χ2v) is 7.73. The van der Waals surface area contributed by atoms with E-state index >= 15 is 0 Å². The van der Waals surface area contributed by atoms with E-state index in [0.717, 1.165) is 16.7 Å². The summed E-state index contributed by atoms with van der Waals surface area (Å²) in [6, 6.07) is 16.6. The molecule has 0 spiro atoms. The summed E-state index contributed by atoms with van der Waals surface area (Å²) in [5, 5.41) is 5.89. The monoisotopic (exact) mass is 404 g/mol. The lowest BCUT2D eigenvalue weighted by Crippen LogP contribution is -2.40.